The highest BCUT2D eigenvalue weighted by molar-refractivity contribution is 7.14. The third-order valence-corrected chi connectivity index (χ3v) is 4.24. The zero-order valence-electron chi connectivity index (χ0n) is 12.8. The molecule has 112 valence electrons. The van der Waals surface area contributed by atoms with Crippen LogP contribution in [0.5, 0.6) is 0 Å². The number of carbonyl (C=O) groups is 1. The highest BCUT2D eigenvalue weighted by Gasteiger charge is 2.13. The second-order valence-corrected chi connectivity index (χ2v) is 5.95. The fraction of sp³-hybridized carbons (Fsp3) is 0.375. The van der Waals surface area contributed by atoms with Crippen molar-refractivity contribution in [2.24, 2.45) is 0 Å². The van der Waals surface area contributed by atoms with Crippen LogP contribution in [0.3, 0.4) is 0 Å². The molecule has 0 aliphatic carbocycles. The van der Waals surface area contributed by atoms with Crippen molar-refractivity contribution in [3.63, 3.8) is 0 Å². The van der Waals surface area contributed by atoms with Crippen molar-refractivity contribution >= 4 is 22.3 Å². The fourth-order valence-electron chi connectivity index (χ4n) is 2.31. The molecule has 0 radical (unpaired) electrons. The lowest BCUT2D eigenvalue weighted by atomic mass is 10.2. The van der Waals surface area contributed by atoms with Crippen LogP contribution in [-0.4, -0.2) is 21.9 Å². The highest BCUT2D eigenvalue weighted by Crippen LogP contribution is 2.30. The number of anilines is 1. The number of nitrogens with one attached hydrogen (secondary N) is 1. The predicted octanol–water partition coefficient (Wildman–Crippen LogP) is 3.81. The number of Topliss-reactive ketones (excluding diaryl/α,β-unsaturated/α-hetero) is 1. The summed E-state index contributed by atoms with van der Waals surface area (Å²) in [6.07, 6.45) is 2.38. The Morgan fingerprint density at radius 1 is 1.52 bits per heavy atom. The van der Waals surface area contributed by atoms with Crippen LogP contribution in [0.1, 0.15) is 24.7 Å². The molecule has 2 heterocycles. The first-order valence-corrected chi connectivity index (χ1v) is 7.87. The lowest BCUT2D eigenvalue weighted by Crippen LogP contribution is -2.06. The van der Waals surface area contributed by atoms with Crippen molar-refractivity contribution in [3.05, 3.63) is 35.5 Å². The van der Waals surface area contributed by atoms with E-state index in [4.69, 9.17) is 0 Å². The molecule has 0 atom stereocenters. The summed E-state index contributed by atoms with van der Waals surface area (Å²) in [4.78, 5) is 15.8. The average molecular weight is 303 g/mol. The summed E-state index contributed by atoms with van der Waals surface area (Å²) in [5.41, 5.74) is 4.44. The van der Waals surface area contributed by atoms with Crippen molar-refractivity contribution in [2.45, 2.75) is 33.7 Å². The topological polar surface area (TPSA) is 46.9 Å². The Hall–Kier alpha value is -1.88. The SMILES string of the molecule is C=CCNc1nc(-c2cc(C)n(CCC(C)=O)c2C)cs1. The molecule has 0 unspecified atom stereocenters. The monoisotopic (exact) mass is 303 g/mol. The first-order valence-electron chi connectivity index (χ1n) is 6.99. The van der Waals surface area contributed by atoms with Gasteiger partial charge in [-0.15, -0.1) is 17.9 Å². The number of aryl methyl sites for hydroxylation is 1. The molecule has 5 heteroatoms. The summed E-state index contributed by atoms with van der Waals surface area (Å²) < 4.78 is 2.19. The van der Waals surface area contributed by atoms with Crippen LogP contribution >= 0.6 is 11.3 Å². The molecule has 0 aromatic carbocycles. The molecule has 0 saturated heterocycles. The second-order valence-electron chi connectivity index (χ2n) is 5.10. The summed E-state index contributed by atoms with van der Waals surface area (Å²) in [7, 11) is 0. The molecule has 0 aliphatic heterocycles. The van der Waals surface area contributed by atoms with Crippen LogP contribution in [-0.2, 0) is 11.3 Å². The molecule has 4 nitrogen and oxygen atoms in total. The van der Waals surface area contributed by atoms with E-state index in [1.165, 1.54) is 0 Å². The lowest BCUT2D eigenvalue weighted by Gasteiger charge is -2.08. The number of hydrogen-bond acceptors (Lipinski definition) is 4. The third-order valence-electron chi connectivity index (χ3n) is 3.44. The van der Waals surface area contributed by atoms with Gasteiger partial charge < -0.3 is 9.88 Å². The minimum atomic E-state index is 0.216. The number of thiazole rings is 1. The molecule has 21 heavy (non-hydrogen) atoms. The van der Waals surface area contributed by atoms with Crippen molar-refractivity contribution in [2.75, 3.05) is 11.9 Å². The number of carbonyl (C=O) groups excluding carboxylic acids is 1. The fourth-order valence-corrected chi connectivity index (χ4v) is 3.03. The molecule has 0 saturated carbocycles. The number of nitrogens with zero attached hydrogens (tertiary/aromatic N) is 2. The van der Waals surface area contributed by atoms with Gasteiger partial charge in [-0.05, 0) is 26.8 Å². The zero-order valence-corrected chi connectivity index (χ0v) is 13.6. The van der Waals surface area contributed by atoms with Gasteiger partial charge in [0.2, 0.25) is 0 Å². The number of hydrogen-bond donors (Lipinski definition) is 1. The Kier molecular flexibility index (Phi) is 4.96. The van der Waals surface area contributed by atoms with Crippen LogP contribution in [0, 0.1) is 13.8 Å². The zero-order chi connectivity index (χ0) is 15.4. The van der Waals surface area contributed by atoms with Crippen LogP contribution in [0.4, 0.5) is 5.13 Å². The van der Waals surface area contributed by atoms with Crippen LogP contribution in [0.2, 0.25) is 0 Å². The second kappa shape index (κ2) is 6.72. The van der Waals surface area contributed by atoms with Crippen LogP contribution in [0.25, 0.3) is 11.3 Å². The molecule has 2 aromatic heterocycles. The molecule has 2 aromatic rings. The first kappa shape index (κ1) is 15.5. The van der Waals surface area contributed by atoms with Crippen LogP contribution < -0.4 is 5.32 Å². The maximum absolute atomic E-state index is 11.2. The summed E-state index contributed by atoms with van der Waals surface area (Å²) in [6, 6.07) is 2.14. The van der Waals surface area contributed by atoms with E-state index in [0.29, 0.717) is 13.0 Å². The number of aromatic nitrogens is 2. The van der Waals surface area contributed by atoms with E-state index in [9.17, 15) is 4.79 Å². The van der Waals surface area contributed by atoms with Gasteiger partial charge in [0, 0.05) is 41.8 Å². The third kappa shape index (κ3) is 3.61. The predicted molar refractivity (Wildman–Crippen MR) is 89.0 cm³/mol. The van der Waals surface area contributed by atoms with Gasteiger partial charge in [0.1, 0.15) is 5.78 Å². The van der Waals surface area contributed by atoms with E-state index in [0.717, 1.165) is 34.3 Å². The summed E-state index contributed by atoms with van der Waals surface area (Å²) >= 11 is 1.59. The summed E-state index contributed by atoms with van der Waals surface area (Å²) in [5, 5.41) is 6.16. The van der Waals surface area contributed by atoms with Crippen molar-refractivity contribution in [3.8, 4) is 11.3 Å². The Bertz CT molecular complexity index is 655. The minimum absolute atomic E-state index is 0.216. The smallest absolute Gasteiger partial charge is 0.183 e. The maximum Gasteiger partial charge on any atom is 0.183 e. The maximum atomic E-state index is 11.2. The highest BCUT2D eigenvalue weighted by atomic mass is 32.1. The number of ketones is 1. The van der Waals surface area contributed by atoms with Crippen molar-refractivity contribution in [1.82, 2.24) is 9.55 Å². The van der Waals surface area contributed by atoms with E-state index in [1.54, 1.807) is 18.3 Å². The molecular weight excluding hydrogens is 282 g/mol. The quantitative estimate of drug-likeness (QED) is 0.791. The van der Waals surface area contributed by atoms with Gasteiger partial charge in [-0.2, -0.15) is 0 Å². The van der Waals surface area contributed by atoms with Gasteiger partial charge >= 0.3 is 0 Å². The van der Waals surface area contributed by atoms with Crippen molar-refractivity contribution in [1.29, 1.82) is 0 Å². The molecule has 2 rings (SSSR count). The Balaban J connectivity index is 2.23. The van der Waals surface area contributed by atoms with Gasteiger partial charge in [-0.25, -0.2) is 4.98 Å². The van der Waals surface area contributed by atoms with Gasteiger partial charge in [-0.3, -0.25) is 4.79 Å². The van der Waals surface area contributed by atoms with Gasteiger partial charge in [0.25, 0.3) is 0 Å². The molecule has 1 N–H and O–H groups in total. The molecule has 0 fully saturated rings. The minimum Gasteiger partial charge on any atom is -0.358 e. The average Bonchev–Trinajstić information content (AvgIpc) is 3.00. The molecule has 0 aliphatic rings. The Morgan fingerprint density at radius 3 is 2.95 bits per heavy atom. The van der Waals surface area contributed by atoms with Gasteiger partial charge in [0.05, 0.1) is 5.69 Å². The van der Waals surface area contributed by atoms with E-state index in [1.807, 2.05) is 6.08 Å². The van der Waals surface area contributed by atoms with E-state index < -0.39 is 0 Å². The van der Waals surface area contributed by atoms with Crippen LogP contribution in [0.15, 0.2) is 24.1 Å². The number of rotatable bonds is 7. The molecular formula is C16H21N3OS. The summed E-state index contributed by atoms with van der Waals surface area (Å²) in [6.45, 7) is 10.9. The van der Waals surface area contributed by atoms with E-state index in [-0.39, 0.29) is 5.78 Å². The molecule has 0 spiro atoms. The Labute approximate surface area is 129 Å². The standard InChI is InChI=1S/C16H21N3OS/c1-5-7-17-16-18-15(10-21-16)14-9-11(2)19(13(14)4)8-6-12(3)20/h5,9-10H,1,6-8H2,2-4H3,(H,17,18). The largest absolute Gasteiger partial charge is 0.358 e. The first-order chi connectivity index (χ1) is 10.0. The Morgan fingerprint density at radius 2 is 2.29 bits per heavy atom. The lowest BCUT2D eigenvalue weighted by molar-refractivity contribution is -0.117. The van der Waals surface area contributed by atoms with Crippen molar-refractivity contribution < 1.29 is 4.79 Å². The van der Waals surface area contributed by atoms with Gasteiger partial charge in [0.15, 0.2) is 5.13 Å². The summed E-state index contributed by atoms with van der Waals surface area (Å²) in [5.74, 6) is 0.216. The normalized spacial score (nSPS) is 10.6. The van der Waals surface area contributed by atoms with E-state index >= 15 is 0 Å². The van der Waals surface area contributed by atoms with E-state index in [2.05, 4.69) is 46.7 Å². The molecule has 0 amide bonds. The molecule has 0 bridgehead atoms. The van der Waals surface area contributed by atoms with Gasteiger partial charge in [-0.1, -0.05) is 6.08 Å².